The number of rotatable bonds is 5. The molecule has 0 spiro atoms. The van der Waals surface area contributed by atoms with Crippen LogP contribution < -0.4 is 11.1 Å². The number of aromatic hydroxyl groups is 1. The number of carbonyl (C=O) groups is 2. The van der Waals surface area contributed by atoms with Crippen LogP contribution in [0.15, 0.2) is 42.5 Å². The largest absolute Gasteiger partial charge is 0.506 e. The van der Waals surface area contributed by atoms with E-state index < -0.39 is 11.9 Å². The predicted molar refractivity (Wildman–Crippen MR) is 104 cm³/mol. The highest BCUT2D eigenvalue weighted by atomic mass is 127. The zero-order chi connectivity index (χ0) is 17.0. The van der Waals surface area contributed by atoms with Crippen LogP contribution in [0.5, 0.6) is 5.75 Å². The van der Waals surface area contributed by atoms with Crippen LogP contribution in [-0.2, 0) is 4.79 Å². The Kier molecular flexibility index (Phi) is 6.22. The van der Waals surface area contributed by atoms with Crippen molar-refractivity contribution >= 4 is 57.0 Å². The molecule has 120 valence electrons. The Hall–Kier alpha value is -1.36. The summed E-state index contributed by atoms with van der Waals surface area (Å²) in [5.74, 6) is -0.612. The van der Waals surface area contributed by atoms with Crippen LogP contribution in [0.4, 0.5) is 0 Å². The quantitative estimate of drug-likeness (QED) is 0.514. The molecule has 0 bridgehead atoms. The Labute approximate surface area is 160 Å². The molecule has 0 saturated carbocycles. The van der Waals surface area contributed by atoms with Gasteiger partial charge in [-0.25, -0.2) is 0 Å². The first-order valence-electron chi connectivity index (χ1n) is 6.70. The Balaban J connectivity index is 2.31. The van der Waals surface area contributed by atoms with Crippen molar-refractivity contribution < 1.29 is 14.7 Å². The van der Waals surface area contributed by atoms with Crippen LogP contribution in [-0.4, -0.2) is 16.9 Å². The van der Waals surface area contributed by atoms with Gasteiger partial charge in [-0.15, -0.1) is 0 Å². The zero-order valence-corrected chi connectivity index (χ0v) is 16.2. The first kappa shape index (κ1) is 18.0. The highest BCUT2D eigenvalue weighted by molar-refractivity contribution is 14.1. The molecule has 4 N–H and O–H groups in total. The number of carbonyl (C=O) groups excluding carboxylic acids is 2. The molecule has 2 aromatic carbocycles. The Bertz CT molecular complexity index is 712. The predicted octanol–water partition coefficient (Wildman–Crippen LogP) is 2.95. The van der Waals surface area contributed by atoms with Crippen LogP contribution in [0.2, 0.25) is 0 Å². The highest BCUT2D eigenvalue weighted by Gasteiger charge is 2.20. The maximum atomic E-state index is 12.3. The summed E-state index contributed by atoms with van der Waals surface area (Å²) < 4.78 is 1.29. The molecule has 0 saturated heterocycles. The maximum Gasteiger partial charge on any atom is 0.251 e. The number of halogens is 2. The van der Waals surface area contributed by atoms with E-state index in [4.69, 9.17) is 5.73 Å². The van der Waals surface area contributed by atoms with E-state index in [1.54, 1.807) is 36.4 Å². The van der Waals surface area contributed by atoms with E-state index in [9.17, 15) is 14.7 Å². The molecule has 2 amide bonds. The van der Waals surface area contributed by atoms with Crippen molar-refractivity contribution in [3.05, 3.63) is 60.7 Å². The second-order valence-electron chi connectivity index (χ2n) is 4.90. The molecule has 0 fully saturated rings. The molecule has 0 aliphatic carbocycles. The highest BCUT2D eigenvalue weighted by Crippen LogP contribution is 2.30. The van der Waals surface area contributed by atoms with Gasteiger partial charge in [0, 0.05) is 5.56 Å². The maximum absolute atomic E-state index is 12.3. The molecule has 0 heterocycles. The number of benzene rings is 2. The van der Waals surface area contributed by atoms with E-state index in [0.717, 1.165) is 5.56 Å². The fraction of sp³-hybridized carbons (Fsp3) is 0.125. The minimum absolute atomic E-state index is 0.0183. The standard InChI is InChI=1S/C16H14I2N2O3/c17-11-6-10(7-12(18)15(11)22)13(8-14(19)21)20-16(23)9-4-2-1-3-5-9/h1-7,13,22H,8H2,(H2,19,21)(H,20,23). The van der Waals surface area contributed by atoms with Crippen molar-refractivity contribution in [3.8, 4) is 5.75 Å². The van der Waals surface area contributed by atoms with E-state index in [1.807, 2.05) is 51.2 Å². The number of nitrogens with one attached hydrogen (secondary N) is 1. The topological polar surface area (TPSA) is 92.4 Å². The Morgan fingerprint density at radius 3 is 2.22 bits per heavy atom. The van der Waals surface area contributed by atoms with E-state index in [-0.39, 0.29) is 18.1 Å². The van der Waals surface area contributed by atoms with E-state index in [0.29, 0.717) is 12.7 Å². The summed E-state index contributed by atoms with van der Waals surface area (Å²) in [5, 5.41) is 12.7. The van der Waals surface area contributed by atoms with Crippen LogP contribution in [0.3, 0.4) is 0 Å². The molecular formula is C16H14I2N2O3. The number of hydrogen-bond acceptors (Lipinski definition) is 3. The average Bonchev–Trinajstić information content (AvgIpc) is 2.51. The van der Waals surface area contributed by atoms with Gasteiger partial charge in [-0.2, -0.15) is 0 Å². The lowest BCUT2D eigenvalue weighted by Gasteiger charge is -2.19. The summed E-state index contributed by atoms with van der Waals surface area (Å²) in [7, 11) is 0. The van der Waals surface area contributed by atoms with Crippen molar-refractivity contribution in [2.24, 2.45) is 5.73 Å². The second kappa shape index (κ2) is 7.95. The van der Waals surface area contributed by atoms with Gasteiger partial charge in [-0.1, -0.05) is 18.2 Å². The second-order valence-corrected chi connectivity index (χ2v) is 7.22. The minimum atomic E-state index is -0.553. The molecular weight excluding hydrogens is 522 g/mol. The molecule has 2 rings (SSSR count). The molecule has 23 heavy (non-hydrogen) atoms. The Morgan fingerprint density at radius 1 is 1.13 bits per heavy atom. The fourth-order valence-electron chi connectivity index (χ4n) is 2.07. The molecule has 0 radical (unpaired) electrons. The van der Waals surface area contributed by atoms with Gasteiger partial charge < -0.3 is 16.2 Å². The Morgan fingerprint density at radius 2 is 1.70 bits per heavy atom. The molecule has 1 atom stereocenters. The van der Waals surface area contributed by atoms with Crippen molar-refractivity contribution in [2.75, 3.05) is 0 Å². The van der Waals surface area contributed by atoms with Crippen molar-refractivity contribution in [2.45, 2.75) is 12.5 Å². The van der Waals surface area contributed by atoms with Gasteiger partial charge in [0.2, 0.25) is 5.91 Å². The number of hydrogen-bond donors (Lipinski definition) is 3. The monoisotopic (exact) mass is 536 g/mol. The smallest absolute Gasteiger partial charge is 0.251 e. The number of primary amides is 1. The SMILES string of the molecule is NC(=O)CC(NC(=O)c1ccccc1)c1cc(I)c(O)c(I)c1. The third-order valence-corrected chi connectivity index (χ3v) is 4.83. The van der Waals surface area contributed by atoms with Crippen LogP contribution >= 0.6 is 45.2 Å². The van der Waals surface area contributed by atoms with Crippen LogP contribution in [0, 0.1) is 7.14 Å². The average molecular weight is 536 g/mol. The summed E-state index contributed by atoms with van der Waals surface area (Å²) in [5.41, 5.74) is 6.53. The molecule has 1 unspecified atom stereocenters. The number of amides is 2. The number of phenolic OH excluding ortho intramolecular Hbond substituents is 1. The van der Waals surface area contributed by atoms with Gasteiger partial charge in [0.1, 0.15) is 5.75 Å². The normalized spacial score (nSPS) is 11.7. The third-order valence-electron chi connectivity index (χ3n) is 3.19. The fourth-order valence-corrected chi connectivity index (χ4v) is 3.89. The van der Waals surface area contributed by atoms with E-state index in [1.165, 1.54) is 0 Å². The van der Waals surface area contributed by atoms with Crippen LogP contribution in [0.25, 0.3) is 0 Å². The lowest BCUT2D eigenvalue weighted by molar-refractivity contribution is -0.118. The first-order chi connectivity index (χ1) is 10.9. The summed E-state index contributed by atoms with van der Waals surface area (Å²) in [6.07, 6.45) is -0.0183. The molecule has 0 aromatic heterocycles. The van der Waals surface area contributed by atoms with Gasteiger partial charge in [0.25, 0.3) is 5.91 Å². The van der Waals surface area contributed by atoms with Gasteiger partial charge >= 0.3 is 0 Å². The molecule has 7 heteroatoms. The number of nitrogens with two attached hydrogens (primary N) is 1. The van der Waals surface area contributed by atoms with Gasteiger partial charge in [0.05, 0.1) is 19.6 Å². The van der Waals surface area contributed by atoms with Gasteiger partial charge in [-0.3, -0.25) is 9.59 Å². The number of phenols is 1. The van der Waals surface area contributed by atoms with Crippen LogP contribution in [0.1, 0.15) is 28.4 Å². The van der Waals surface area contributed by atoms with Gasteiger partial charge in [-0.05, 0) is 75.0 Å². The third kappa shape index (κ3) is 4.80. The summed E-state index contributed by atoms with van der Waals surface area (Å²) >= 11 is 4.01. The van der Waals surface area contributed by atoms with Crippen molar-refractivity contribution in [3.63, 3.8) is 0 Å². The van der Waals surface area contributed by atoms with Crippen molar-refractivity contribution in [1.82, 2.24) is 5.32 Å². The minimum Gasteiger partial charge on any atom is -0.506 e. The molecule has 0 aliphatic rings. The lowest BCUT2D eigenvalue weighted by atomic mass is 10.0. The lowest BCUT2D eigenvalue weighted by Crippen LogP contribution is -2.31. The van der Waals surface area contributed by atoms with E-state index >= 15 is 0 Å². The summed E-state index contributed by atoms with van der Waals surface area (Å²) in [4.78, 5) is 23.7. The summed E-state index contributed by atoms with van der Waals surface area (Å²) in [6.45, 7) is 0. The molecule has 5 nitrogen and oxygen atoms in total. The zero-order valence-electron chi connectivity index (χ0n) is 11.9. The van der Waals surface area contributed by atoms with E-state index in [2.05, 4.69) is 5.32 Å². The first-order valence-corrected chi connectivity index (χ1v) is 8.86. The molecule has 2 aromatic rings. The van der Waals surface area contributed by atoms with Gasteiger partial charge in [0.15, 0.2) is 0 Å². The molecule has 0 aliphatic heterocycles. The summed E-state index contributed by atoms with van der Waals surface area (Å²) in [6, 6.07) is 11.7. The van der Waals surface area contributed by atoms with Crippen molar-refractivity contribution in [1.29, 1.82) is 0 Å².